The first-order valence-corrected chi connectivity index (χ1v) is 11.2. The minimum absolute atomic E-state index is 0.0635. The van der Waals surface area contributed by atoms with Crippen molar-refractivity contribution in [2.24, 2.45) is 0 Å². The molecule has 0 radical (unpaired) electrons. The van der Waals surface area contributed by atoms with Crippen molar-refractivity contribution in [3.8, 4) is 17.2 Å². The predicted molar refractivity (Wildman–Crippen MR) is 129 cm³/mol. The number of hydroxylamine groups is 1. The van der Waals surface area contributed by atoms with Crippen molar-refractivity contribution in [1.82, 2.24) is 0 Å². The Morgan fingerprint density at radius 2 is 1.85 bits per heavy atom. The van der Waals surface area contributed by atoms with Crippen LogP contribution in [-0.2, 0) is 18.4 Å². The van der Waals surface area contributed by atoms with Gasteiger partial charge in [-0.25, -0.2) is 0 Å². The maximum Gasteiger partial charge on any atom is 0.168 e. The maximum absolute atomic E-state index is 11.8. The second-order valence-corrected chi connectivity index (χ2v) is 9.35. The standard InChI is InChI=1S/C27H33NO5/c1-16(2)7-9-18-13-20-24(14-22(18)28(5)30)32-15-27(29)21-11-12-23(31-6)19(10-8-17(3)4)25(21)33-26(20)27/h7-8,11-14,26,29-30H,9-10,15H2,1-6H3/t26-,27+/m0/s1. The summed E-state index contributed by atoms with van der Waals surface area (Å²) >= 11 is 0. The van der Waals surface area contributed by atoms with Gasteiger partial charge in [0.1, 0.15) is 23.9 Å². The van der Waals surface area contributed by atoms with Gasteiger partial charge in [-0.05, 0) is 64.3 Å². The van der Waals surface area contributed by atoms with Gasteiger partial charge in [0.2, 0.25) is 0 Å². The maximum atomic E-state index is 11.8. The second-order valence-electron chi connectivity index (χ2n) is 9.35. The summed E-state index contributed by atoms with van der Waals surface area (Å²) in [6.45, 7) is 8.25. The smallest absolute Gasteiger partial charge is 0.168 e. The van der Waals surface area contributed by atoms with Crippen LogP contribution in [0.25, 0.3) is 0 Å². The Bertz CT molecular complexity index is 1130. The third-order valence-corrected chi connectivity index (χ3v) is 6.31. The van der Waals surface area contributed by atoms with Gasteiger partial charge >= 0.3 is 0 Å². The molecule has 0 spiro atoms. The molecule has 2 atom stereocenters. The van der Waals surface area contributed by atoms with Gasteiger partial charge in [0.15, 0.2) is 11.7 Å². The molecule has 33 heavy (non-hydrogen) atoms. The lowest BCUT2D eigenvalue weighted by atomic mass is 9.83. The molecule has 2 aliphatic rings. The summed E-state index contributed by atoms with van der Waals surface area (Å²) in [6.07, 6.45) is 4.91. The molecule has 2 aromatic rings. The summed E-state index contributed by atoms with van der Waals surface area (Å²) in [5.74, 6) is 1.99. The fraction of sp³-hybridized carbons (Fsp3) is 0.407. The largest absolute Gasteiger partial charge is 0.496 e. The molecule has 0 aliphatic carbocycles. The van der Waals surface area contributed by atoms with E-state index in [1.165, 1.54) is 11.1 Å². The molecule has 0 unspecified atom stereocenters. The molecule has 6 heteroatoms. The average Bonchev–Trinajstić information content (AvgIpc) is 3.08. The van der Waals surface area contributed by atoms with Gasteiger partial charge < -0.3 is 19.3 Å². The highest BCUT2D eigenvalue weighted by atomic mass is 16.5. The summed E-state index contributed by atoms with van der Waals surface area (Å²) in [7, 11) is 3.24. The Labute approximate surface area is 195 Å². The zero-order valence-corrected chi connectivity index (χ0v) is 20.2. The van der Waals surface area contributed by atoms with Gasteiger partial charge in [0.25, 0.3) is 0 Å². The number of aliphatic hydroxyl groups is 1. The van der Waals surface area contributed by atoms with E-state index >= 15 is 0 Å². The monoisotopic (exact) mass is 451 g/mol. The summed E-state index contributed by atoms with van der Waals surface area (Å²) in [6, 6.07) is 7.55. The Morgan fingerprint density at radius 3 is 2.48 bits per heavy atom. The fourth-order valence-corrected chi connectivity index (χ4v) is 4.54. The SMILES string of the molecule is COc1ccc2c(c1CC=C(C)C)O[C@H]1c3cc(CC=C(C)C)c(N(C)O)cc3OC[C@@]21O. The molecule has 176 valence electrons. The first-order valence-electron chi connectivity index (χ1n) is 11.2. The Kier molecular flexibility index (Phi) is 6.16. The normalized spacial score (nSPS) is 19.9. The lowest BCUT2D eigenvalue weighted by molar-refractivity contribution is -0.0864. The number of rotatable bonds is 6. The zero-order chi connectivity index (χ0) is 23.9. The van der Waals surface area contributed by atoms with E-state index in [1.54, 1.807) is 14.2 Å². The molecular weight excluding hydrogens is 418 g/mol. The first-order chi connectivity index (χ1) is 15.7. The summed E-state index contributed by atoms with van der Waals surface area (Å²) < 4.78 is 18.1. The lowest BCUT2D eigenvalue weighted by Crippen LogP contribution is -2.41. The van der Waals surface area contributed by atoms with Gasteiger partial charge in [0, 0.05) is 29.8 Å². The van der Waals surface area contributed by atoms with E-state index < -0.39 is 11.7 Å². The van der Waals surface area contributed by atoms with Gasteiger partial charge in [-0.15, -0.1) is 0 Å². The topological polar surface area (TPSA) is 71.4 Å². The number of hydrogen-bond acceptors (Lipinski definition) is 6. The van der Waals surface area contributed by atoms with Crippen LogP contribution in [0.5, 0.6) is 17.2 Å². The van der Waals surface area contributed by atoms with E-state index in [0.29, 0.717) is 35.6 Å². The number of fused-ring (bicyclic) bond motifs is 5. The highest BCUT2D eigenvalue weighted by Crippen LogP contribution is 2.56. The molecule has 0 aromatic heterocycles. The van der Waals surface area contributed by atoms with E-state index in [-0.39, 0.29) is 6.61 Å². The van der Waals surface area contributed by atoms with Crippen molar-refractivity contribution in [2.75, 3.05) is 25.8 Å². The number of methoxy groups -OCH3 is 1. The molecule has 2 heterocycles. The quantitative estimate of drug-likeness (QED) is 0.462. The Morgan fingerprint density at radius 1 is 1.15 bits per heavy atom. The average molecular weight is 452 g/mol. The minimum Gasteiger partial charge on any atom is -0.496 e. The van der Waals surface area contributed by atoms with Gasteiger partial charge in [-0.2, -0.15) is 0 Å². The molecule has 4 rings (SSSR count). The van der Waals surface area contributed by atoms with Crippen LogP contribution >= 0.6 is 0 Å². The third kappa shape index (κ3) is 4.09. The number of anilines is 1. The van der Waals surface area contributed by atoms with Crippen LogP contribution in [0.1, 0.15) is 56.1 Å². The van der Waals surface area contributed by atoms with Crippen molar-refractivity contribution >= 4 is 5.69 Å². The highest BCUT2D eigenvalue weighted by Gasteiger charge is 2.54. The Hall–Kier alpha value is -2.96. The van der Waals surface area contributed by atoms with Crippen molar-refractivity contribution in [3.05, 3.63) is 69.8 Å². The molecule has 0 bridgehead atoms. The molecule has 0 amide bonds. The van der Waals surface area contributed by atoms with Crippen LogP contribution < -0.4 is 19.3 Å². The van der Waals surface area contributed by atoms with Gasteiger partial charge in [-0.1, -0.05) is 23.3 Å². The molecule has 2 aliphatic heterocycles. The van der Waals surface area contributed by atoms with Crippen molar-refractivity contribution in [3.63, 3.8) is 0 Å². The molecule has 0 fully saturated rings. The van der Waals surface area contributed by atoms with Crippen molar-refractivity contribution in [2.45, 2.75) is 52.2 Å². The number of ether oxygens (including phenoxy) is 3. The van der Waals surface area contributed by atoms with E-state index in [2.05, 4.69) is 26.0 Å². The van der Waals surface area contributed by atoms with Crippen LogP contribution in [0.2, 0.25) is 0 Å². The zero-order valence-electron chi connectivity index (χ0n) is 20.2. The van der Waals surface area contributed by atoms with Crippen LogP contribution in [0.4, 0.5) is 5.69 Å². The Balaban J connectivity index is 1.83. The molecule has 2 aromatic carbocycles. The number of allylic oxidation sites excluding steroid dienone is 4. The number of benzene rings is 2. The number of hydrogen-bond donors (Lipinski definition) is 2. The van der Waals surface area contributed by atoms with Crippen LogP contribution in [0.15, 0.2) is 47.6 Å². The molecule has 0 saturated heterocycles. The molecular formula is C27H33NO5. The fourth-order valence-electron chi connectivity index (χ4n) is 4.54. The van der Waals surface area contributed by atoms with Crippen LogP contribution in [-0.4, -0.2) is 31.1 Å². The number of nitrogens with zero attached hydrogens (tertiary/aromatic N) is 1. The van der Waals surface area contributed by atoms with E-state index in [0.717, 1.165) is 27.5 Å². The van der Waals surface area contributed by atoms with Gasteiger partial charge in [0.05, 0.1) is 12.8 Å². The van der Waals surface area contributed by atoms with E-state index in [4.69, 9.17) is 14.2 Å². The molecule has 0 saturated carbocycles. The third-order valence-electron chi connectivity index (χ3n) is 6.31. The first kappa shape index (κ1) is 23.2. The predicted octanol–water partition coefficient (Wildman–Crippen LogP) is 5.25. The molecule has 6 nitrogen and oxygen atoms in total. The van der Waals surface area contributed by atoms with Crippen molar-refractivity contribution in [1.29, 1.82) is 0 Å². The van der Waals surface area contributed by atoms with E-state index in [9.17, 15) is 10.3 Å². The van der Waals surface area contributed by atoms with Crippen molar-refractivity contribution < 1.29 is 24.5 Å². The lowest BCUT2D eigenvalue weighted by Gasteiger charge is -2.35. The van der Waals surface area contributed by atoms with Crippen LogP contribution in [0, 0.1) is 0 Å². The van der Waals surface area contributed by atoms with Gasteiger partial charge in [-0.3, -0.25) is 10.3 Å². The minimum atomic E-state index is -1.31. The summed E-state index contributed by atoms with van der Waals surface area (Å²) in [5.41, 5.74) is 5.06. The molecule has 2 N–H and O–H groups in total. The highest BCUT2D eigenvalue weighted by molar-refractivity contribution is 5.63. The summed E-state index contributed by atoms with van der Waals surface area (Å²) in [4.78, 5) is 0. The van der Waals surface area contributed by atoms with Crippen LogP contribution in [0.3, 0.4) is 0 Å². The van der Waals surface area contributed by atoms with E-state index in [1.807, 2.05) is 38.1 Å². The summed E-state index contributed by atoms with van der Waals surface area (Å²) in [5, 5.41) is 23.1. The second kappa shape index (κ2) is 8.76.